The van der Waals surface area contributed by atoms with Crippen molar-refractivity contribution in [1.82, 2.24) is 0 Å². The van der Waals surface area contributed by atoms with E-state index in [1.165, 1.54) is 7.11 Å². The van der Waals surface area contributed by atoms with Crippen LogP contribution >= 0.6 is 0 Å². The number of fused-ring (bicyclic) bond motifs is 1. The molecule has 0 aromatic rings. The molecule has 2 aliphatic carbocycles. The predicted molar refractivity (Wildman–Crippen MR) is 48.3 cm³/mol. The second kappa shape index (κ2) is 3.37. The highest BCUT2D eigenvalue weighted by atomic mass is 16.5. The lowest BCUT2D eigenvalue weighted by atomic mass is 9.94. The third-order valence-corrected chi connectivity index (χ3v) is 3.28. The number of ether oxygens (including phenoxy) is 1. The van der Waals surface area contributed by atoms with E-state index in [1.54, 1.807) is 0 Å². The summed E-state index contributed by atoms with van der Waals surface area (Å²) in [6.45, 7) is 0. The Morgan fingerprint density at radius 3 is 2.93 bits per heavy atom. The van der Waals surface area contributed by atoms with Crippen LogP contribution in [0.1, 0.15) is 12.8 Å². The quantitative estimate of drug-likeness (QED) is 0.575. The van der Waals surface area contributed by atoms with Crippen LogP contribution in [0.2, 0.25) is 0 Å². The van der Waals surface area contributed by atoms with Crippen molar-refractivity contribution in [2.45, 2.75) is 25.0 Å². The Bertz CT molecular complexity index is 284. The highest BCUT2D eigenvalue weighted by Gasteiger charge is 2.47. The average Bonchev–Trinajstić information content (AvgIpc) is 2.69. The molecule has 0 spiro atoms. The van der Waals surface area contributed by atoms with Crippen molar-refractivity contribution in [1.29, 1.82) is 0 Å². The Kier molecular flexibility index (Phi) is 2.33. The first-order valence-electron chi connectivity index (χ1n) is 4.79. The molecule has 0 amide bonds. The van der Waals surface area contributed by atoms with E-state index in [-0.39, 0.29) is 17.8 Å². The number of aliphatic hydroxyl groups is 2. The van der Waals surface area contributed by atoms with Gasteiger partial charge in [0.05, 0.1) is 19.3 Å². The summed E-state index contributed by atoms with van der Waals surface area (Å²) in [6.07, 6.45) is 1.55. The topological polar surface area (TPSA) is 66.8 Å². The molecule has 0 bridgehead atoms. The van der Waals surface area contributed by atoms with Gasteiger partial charge >= 0.3 is 5.97 Å². The maximum atomic E-state index is 11.3. The maximum absolute atomic E-state index is 11.3. The number of esters is 1. The van der Waals surface area contributed by atoms with E-state index in [4.69, 9.17) is 0 Å². The second-order valence-corrected chi connectivity index (χ2v) is 3.95. The van der Waals surface area contributed by atoms with Crippen LogP contribution in [0.3, 0.4) is 0 Å². The molecule has 0 aromatic carbocycles. The van der Waals surface area contributed by atoms with Crippen molar-refractivity contribution in [3.05, 3.63) is 11.6 Å². The fraction of sp³-hybridized carbons (Fsp3) is 0.700. The molecule has 2 N–H and O–H groups in total. The summed E-state index contributed by atoms with van der Waals surface area (Å²) in [4.78, 5) is 11.3. The van der Waals surface area contributed by atoms with E-state index >= 15 is 0 Å². The smallest absolute Gasteiger partial charge is 0.333 e. The summed E-state index contributed by atoms with van der Waals surface area (Å²) in [5.41, 5.74) is 0.619. The zero-order valence-electron chi connectivity index (χ0n) is 8.01. The van der Waals surface area contributed by atoms with E-state index in [0.717, 1.165) is 0 Å². The second-order valence-electron chi connectivity index (χ2n) is 3.95. The molecule has 4 heteroatoms. The van der Waals surface area contributed by atoms with Crippen molar-refractivity contribution in [2.24, 2.45) is 11.8 Å². The van der Waals surface area contributed by atoms with E-state index in [9.17, 15) is 15.0 Å². The lowest BCUT2D eigenvalue weighted by Crippen LogP contribution is -2.24. The van der Waals surface area contributed by atoms with E-state index in [1.807, 2.05) is 6.08 Å². The minimum absolute atomic E-state index is 0.000833. The van der Waals surface area contributed by atoms with Crippen LogP contribution in [0.4, 0.5) is 0 Å². The first-order valence-corrected chi connectivity index (χ1v) is 4.79. The standard InChI is InChI=1S/C10H14O4/c1-14-10(13)6-3-2-5-7(6)4-8(11)9(5)12/h3,5,7-9,11-12H,2,4H2,1H3/t5-,7-,8+,9-/m0/s1. The number of hydrogen-bond donors (Lipinski definition) is 2. The van der Waals surface area contributed by atoms with Crippen molar-refractivity contribution in [3.8, 4) is 0 Å². The van der Waals surface area contributed by atoms with Crippen LogP contribution in [0.5, 0.6) is 0 Å². The largest absolute Gasteiger partial charge is 0.466 e. The fourth-order valence-corrected chi connectivity index (χ4v) is 2.53. The van der Waals surface area contributed by atoms with Crippen LogP contribution in [0, 0.1) is 11.8 Å². The number of allylic oxidation sites excluding steroid dienone is 1. The van der Waals surface area contributed by atoms with Crippen molar-refractivity contribution in [2.75, 3.05) is 7.11 Å². The Morgan fingerprint density at radius 2 is 2.29 bits per heavy atom. The molecule has 0 aromatic heterocycles. The van der Waals surface area contributed by atoms with Gasteiger partial charge in [0, 0.05) is 5.57 Å². The Labute approximate surface area is 82.2 Å². The zero-order valence-corrected chi connectivity index (χ0v) is 8.01. The van der Waals surface area contributed by atoms with Crippen molar-refractivity contribution >= 4 is 5.97 Å². The Morgan fingerprint density at radius 1 is 1.57 bits per heavy atom. The van der Waals surface area contributed by atoms with Gasteiger partial charge in [-0.1, -0.05) is 6.08 Å². The molecule has 78 valence electrons. The Hall–Kier alpha value is -0.870. The summed E-state index contributed by atoms with van der Waals surface area (Å²) in [6, 6.07) is 0. The molecule has 2 aliphatic rings. The number of aliphatic hydroxyl groups excluding tert-OH is 2. The molecule has 0 unspecified atom stereocenters. The number of carbonyl (C=O) groups excluding carboxylic acids is 1. The number of hydrogen-bond acceptors (Lipinski definition) is 4. The van der Waals surface area contributed by atoms with E-state index in [0.29, 0.717) is 18.4 Å². The van der Waals surface area contributed by atoms with Crippen LogP contribution in [0.25, 0.3) is 0 Å². The van der Waals surface area contributed by atoms with Crippen molar-refractivity contribution in [3.63, 3.8) is 0 Å². The molecule has 4 atom stereocenters. The molecule has 14 heavy (non-hydrogen) atoms. The average molecular weight is 198 g/mol. The minimum atomic E-state index is -0.696. The van der Waals surface area contributed by atoms with Gasteiger partial charge in [-0.15, -0.1) is 0 Å². The van der Waals surface area contributed by atoms with Gasteiger partial charge < -0.3 is 14.9 Å². The van der Waals surface area contributed by atoms with Gasteiger partial charge in [0.1, 0.15) is 0 Å². The summed E-state index contributed by atoms with van der Waals surface area (Å²) < 4.78 is 4.64. The summed E-state index contributed by atoms with van der Waals surface area (Å²) in [5.74, 6) is -0.356. The highest BCUT2D eigenvalue weighted by molar-refractivity contribution is 5.89. The SMILES string of the molecule is COC(=O)C1=CC[C@@H]2[C@H](O)[C@H](O)C[C@H]12. The molecular weight excluding hydrogens is 184 g/mol. The van der Waals surface area contributed by atoms with Crippen molar-refractivity contribution < 1.29 is 19.7 Å². The van der Waals surface area contributed by atoms with Crippen LogP contribution in [-0.4, -0.2) is 35.5 Å². The number of methoxy groups -OCH3 is 1. The minimum Gasteiger partial charge on any atom is -0.466 e. The molecule has 0 saturated heterocycles. The fourth-order valence-electron chi connectivity index (χ4n) is 2.53. The van der Waals surface area contributed by atoms with Gasteiger partial charge in [0.25, 0.3) is 0 Å². The van der Waals surface area contributed by atoms with Crippen LogP contribution < -0.4 is 0 Å². The highest BCUT2D eigenvalue weighted by Crippen LogP contribution is 2.44. The molecule has 0 aliphatic heterocycles. The number of rotatable bonds is 1. The summed E-state index contributed by atoms with van der Waals surface area (Å²) >= 11 is 0. The van der Waals surface area contributed by atoms with Gasteiger partial charge in [-0.3, -0.25) is 0 Å². The third-order valence-electron chi connectivity index (χ3n) is 3.28. The molecule has 0 heterocycles. The van der Waals surface area contributed by atoms with Crippen LogP contribution in [-0.2, 0) is 9.53 Å². The van der Waals surface area contributed by atoms with E-state index < -0.39 is 12.2 Å². The summed E-state index contributed by atoms with van der Waals surface area (Å²) in [5, 5.41) is 19.1. The van der Waals surface area contributed by atoms with E-state index in [2.05, 4.69) is 4.74 Å². The van der Waals surface area contributed by atoms with Gasteiger partial charge in [-0.05, 0) is 24.7 Å². The summed E-state index contributed by atoms with van der Waals surface area (Å²) in [7, 11) is 1.35. The lowest BCUT2D eigenvalue weighted by molar-refractivity contribution is -0.136. The monoisotopic (exact) mass is 198 g/mol. The Balaban J connectivity index is 2.15. The van der Waals surface area contributed by atoms with Crippen LogP contribution in [0.15, 0.2) is 11.6 Å². The molecule has 4 nitrogen and oxygen atoms in total. The molecular formula is C10H14O4. The normalized spacial score (nSPS) is 40.6. The number of carbonyl (C=O) groups is 1. The predicted octanol–water partition coefficient (Wildman–Crippen LogP) is -0.153. The maximum Gasteiger partial charge on any atom is 0.333 e. The molecule has 0 radical (unpaired) electrons. The van der Waals surface area contributed by atoms with Gasteiger partial charge in [-0.25, -0.2) is 4.79 Å². The lowest BCUT2D eigenvalue weighted by Gasteiger charge is -2.14. The van der Waals surface area contributed by atoms with Gasteiger partial charge in [0.2, 0.25) is 0 Å². The molecule has 1 fully saturated rings. The first-order chi connectivity index (χ1) is 6.65. The molecule has 1 saturated carbocycles. The first kappa shape index (κ1) is 9.68. The third kappa shape index (κ3) is 1.26. The van der Waals surface area contributed by atoms with Gasteiger partial charge in [-0.2, -0.15) is 0 Å². The molecule has 2 rings (SSSR count). The van der Waals surface area contributed by atoms with Gasteiger partial charge in [0.15, 0.2) is 0 Å². The zero-order chi connectivity index (χ0) is 10.3.